The van der Waals surface area contributed by atoms with Crippen LogP contribution in [0, 0.1) is 0 Å². The van der Waals surface area contributed by atoms with Crippen molar-refractivity contribution in [1.29, 1.82) is 0 Å². The molecule has 0 fully saturated rings. The van der Waals surface area contributed by atoms with Crippen LogP contribution in [-0.4, -0.2) is 20.6 Å². The summed E-state index contributed by atoms with van der Waals surface area (Å²) in [4.78, 5) is 0. The average Bonchev–Trinajstić information content (AvgIpc) is 2.53. The molecule has 20 heavy (non-hydrogen) atoms. The molecule has 0 bridgehead atoms. The minimum Gasteiger partial charge on any atom is -0.333 e. The van der Waals surface area contributed by atoms with E-state index in [-0.39, 0.29) is 0 Å². The van der Waals surface area contributed by atoms with Gasteiger partial charge >= 0.3 is 0 Å². The molecule has 0 aromatic carbocycles. The highest BCUT2D eigenvalue weighted by Crippen LogP contribution is 2.05. The van der Waals surface area contributed by atoms with E-state index in [9.17, 15) is 0 Å². The third-order valence-electron chi connectivity index (χ3n) is 2.03. The van der Waals surface area contributed by atoms with Gasteiger partial charge in [0.15, 0.2) is 0 Å². The minimum atomic E-state index is 1.19. The standard InChI is InChI=1S/C10H23N.C3H8.2C2H6.CH5N/c1-3-4-5-6-7-8-9-10-11-2;1-3-2;3*1-2/h11H,3-10H2,1-2H3;3H2,1-2H3;2*1-2H3;2H2,1H3. The molecule has 0 aromatic heterocycles. The van der Waals surface area contributed by atoms with Gasteiger partial charge in [0, 0.05) is 0 Å². The van der Waals surface area contributed by atoms with Gasteiger partial charge in [-0.05, 0) is 27.1 Å². The zero-order chi connectivity index (χ0) is 17.1. The van der Waals surface area contributed by atoms with Gasteiger partial charge in [-0.15, -0.1) is 0 Å². The van der Waals surface area contributed by atoms with Crippen molar-refractivity contribution < 1.29 is 0 Å². The second kappa shape index (κ2) is 61.7. The summed E-state index contributed by atoms with van der Waals surface area (Å²) in [5.41, 5.74) is 4.50. The van der Waals surface area contributed by atoms with Crippen molar-refractivity contribution in [3.63, 3.8) is 0 Å². The predicted molar refractivity (Wildman–Crippen MR) is 101 cm³/mol. The van der Waals surface area contributed by atoms with Crippen molar-refractivity contribution in [2.24, 2.45) is 5.73 Å². The maximum Gasteiger partial charge on any atom is -0.00519 e. The molecule has 0 atom stereocenters. The number of rotatable bonds is 8. The second-order valence-corrected chi connectivity index (χ2v) is 3.93. The largest absolute Gasteiger partial charge is 0.333 e. The molecule has 3 N–H and O–H groups in total. The first-order chi connectivity index (χ1) is 9.83. The molecule has 0 spiro atoms. The first-order valence-corrected chi connectivity index (χ1v) is 9.05. The molecule has 0 aromatic rings. The van der Waals surface area contributed by atoms with Crippen molar-refractivity contribution in [2.45, 2.75) is 99.8 Å². The summed E-state index contributed by atoms with van der Waals surface area (Å²) in [6.07, 6.45) is 11.1. The summed E-state index contributed by atoms with van der Waals surface area (Å²) >= 11 is 0. The van der Waals surface area contributed by atoms with Gasteiger partial charge < -0.3 is 11.1 Å². The third-order valence-corrected chi connectivity index (χ3v) is 2.03. The maximum atomic E-state index is 4.50. The number of hydrogen-bond donors (Lipinski definition) is 2. The Bertz CT molecular complexity index is 67.8. The fourth-order valence-corrected chi connectivity index (χ4v) is 1.26. The SMILES string of the molecule is CC.CC.CCC.CCCCCCCCCNC.CN. The van der Waals surface area contributed by atoms with Crippen LogP contribution in [0.5, 0.6) is 0 Å². The molecule has 0 heterocycles. The van der Waals surface area contributed by atoms with E-state index < -0.39 is 0 Å². The van der Waals surface area contributed by atoms with Crippen molar-refractivity contribution in [1.82, 2.24) is 5.32 Å². The lowest BCUT2D eigenvalue weighted by atomic mass is 10.1. The smallest absolute Gasteiger partial charge is 0.00519 e. The van der Waals surface area contributed by atoms with Crippen LogP contribution in [0.15, 0.2) is 0 Å². The molecular formula is C18H48N2. The predicted octanol–water partition coefficient (Wildman–Crippen LogP) is 6.00. The summed E-state index contributed by atoms with van der Waals surface area (Å²) in [7, 11) is 3.52. The Morgan fingerprint density at radius 1 is 0.650 bits per heavy atom. The van der Waals surface area contributed by atoms with E-state index in [1.807, 2.05) is 34.7 Å². The molecule has 0 saturated carbocycles. The van der Waals surface area contributed by atoms with Gasteiger partial charge in [0.1, 0.15) is 0 Å². The second-order valence-electron chi connectivity index (χ2n) is 3.93. The molecule has 0 aliphatic carbocycles. The van der Waals surface area contributed by atoms with Crippen LogP contribution < -0.4 is 11.1 Å². The molecule has 130 valence electrons. The Hall–Kier alpha value is -0.0800. The first-order valence-electron chi connectivity index (χ1n) is 9.05. The molecule has 0 radical (unpaired) electrons. The van der Waals surface area contributed by atoms with Crippen molar-refractivity contribution in [2.75, 3.05) is 20.6 Å². The summed E-state index contributed by atoms with van der Waals surface area (Å²) in [6.45, 7) is 15.7. The highest BCUT2D eigenvalue weighted by atomic mass is 14.8. The molecule has 0 aliphatic heterocycles. The summed E-state index contributed by atoms with van der Waals surface area (Å²) in [5, 5.41) is 3.17. The van der Waals surface area contributed by atoms with Crippen LogP contribution in [0.3, 0.4) is 0 Å². The number of nitrogens with two attached hydrogens (primary N) is 1. The first kappa shape index (κ1) is 32.0. The number of nitrogens with one attached hydrogen (secondary N) is 1. The molecule has 2 heteroatoms. The van der Waals surface area contributed by atoms with E-state index in [1.165, 1.54) is 65.0 Å². The molecule has 0 amide bonds. The zero-order valence-electron chi connectivity index (χ0n) is 16.4. The minimum absolute atomic E-state index is 1.19. The van der Waals surface area contributed by atoms with Crippen molar-refractivity contribution >= 4 is 0 Å². The molecule has 0 unspecified atom stereocenters. The number of hydrogen-bond acceptors (Lipinski definition) is 2. The van der Waals surface area contributed by atoms with Gasteiger partial charge in [-0.2, -0.15) is 0 Å². The number of unbranched alkanes of at least 4 members (excludes halogenated alkanes) is 6. The fraction of sp³-hybridized carbons (Fsp3) is 1.00. The fourth-order valence-electron chi connectivity index (χ4n) is 1.26. The van der Waals surface area contributed by atoms with Crippen LogP contribution in [-0.2, 0) is 0 Å². The van der Waals surface area contributed by atoms with Crippen LogP contribution in [0.4, 0.5) is 0 Å². The Balaban J connectivity index is -0.0000000698. The van der Waals surface area contributed by atoms with Gasteiger partial charge in [0.05, 0.1) is 0 Å². The molecule has 0 aliphatic rings. The van der Waals surface area contributed by atoms with E-state index in [0.717, 1.165) is 0 Å². The highest BCUT2D eigenvalue weighted by molar-refractivity contribution is 4.46. The highest BCUT2D eigenvalue weighted by Gasteiger charge is 1.88. The Morgan fingerprint density at radius 3 is 1.25 bits per heavy atom. The monoisotopic (exact) mass is 292 g/mol. The van der Waals surface area contributed by atoms with Gasteiger partial charge in [-0.3, -0.25) is 0 Å². The lowest BCUT2D eigenvalue weighted by Crippen LogP contribution is -2.06. The van der Waals surface area contributed by atoms with Crippen LogP contribution in [0.1, 0.15) is 99.8 Å². The van der Waals surface area contributed by atoms with E-state index in [0.29, 0.717) is 0 Å². The topological polar surface area (TPSA) is 38.0 Å². The van der Waals surface area contributed by atoms with Crippen molar-refractivity contribution in [3.8, 4) is 0 Å². The molecular weight excluding hydrogens is 244 g/mol. The molecule has 0 rings (SSSR count). The summed E-state index contributed by atoms with van der Waals surface area (Å²) < 4.78 is 0. The van der Waals surface area contributed by atoms with E-state index >= 15 is 0 Å². The lowest BCUT2D eigenvalue weighted by Gasteiger charge is -1.99. The molecule has 2 nitrogen and oxygen atoms in total. The summed E-state index contributed by atoms with van der Waals surface area (Å²) in [6, 6.07) is 0. The maximum absolute atomic E-state index is 4.50. The van der Waals surface area contributed by atoms with Crippen LogP contribution >= 0.6 is 0 Å². The van der Waals surface area contributed by atoms with E-state index in [4.69, 9.17) is 0 Å². The molecule has 0 saturated heterocycles. The average molecular weight is 293 g/mol. The van der Waals surface area contributed by atoms with Gasteiger partial charge in [-0.25, -0.2) is 0 Å². The van der Waals surface area contributed by atoms with Crippen LogP contribution in [0.2, 0.25) is 0 Å². The summed E-state index contributed by atoms with van der Waals surface area (Å²) in [5.74, 6) is 0. The third kappa shape index (κ3) is 81.8. The Labute approximate surface area is 132 Å². The van der Waals surface area contributed by atoms with Gasteiger partial charge in [0.25, 0.3) is 0 Å². The van der Waals surface area contributed by atoms with Gasteiger partial charge in [0.2, 0.25) is 0 Å². The van der Waals surface area contributed by atoms with E-state index in [2.05, 4.69) is 31.8 Å². The van der Waals surface area contributed by atoms with E-state index in [1.54, 1.807) is 0 Å². The van der Waals surface area contributed by atoms with Crippen molar-refractivity contribution in [3.05, 3.63) is 0 Å². The Kier molecular flexibility index (Phi) is 98.9. The Morgan fingerprint density at radius 2 is 0.950 bits per heavy atom. The lowest BCUT2D eigenvalue weighted by molar-refractivity contribution is 0.578. The van der Waals surface area contributed by atoms with Gasteiger partial charge in [-0.1, -0.05) is 93.4 Å². The zero-order valence-corrected chi connectivity index (χ0v) is 16.4. The normalized spacial score (nSPS) is 7.50. The van der Waals surface area contributed by atoms with Crippen LogP contribution in [0.25, 0.3) is 0 Å². The quantitative estimate of drug-likeness (QED) is 0.538.